The summed E-state index contributed by atoms with van der Waals surface area (Å²) >= 11 is 8.58. The number of carboxylic acid groups (broad SMARTS) is 1. The van der Waals surface area contributed by atoms with Gasteiger partial charge in [-0.15, -0.1) is 22.9 Å². The standard InChI is InChI=1S/C22H26ClN3O3S/c23-19(10-16-2-1-9-30-16)18-11-24-13-20-22(18)17(12-25-20)15-3-5-26(6-4-15)7-8-29-14-21(27)28/h1-2,9,11-13,15,19,25H,3-8,10,14H2,(H,27,28). The van der Waals surface area contributed by atoms with E-state index in [0.29, 0.717) is 12.5 Å². The van der Waals surface area contributed by atoms with E-state index in [9.17, 15) is 4.79 Å². The largest absolute Gasteiger partial charge is 0.480 e. The minimum Gasteiger partial charge on any atom is -0.480 e. The van der Waals surface area contributed by atoms with Crippen LogP contribution < -0.4 is 0 Å². The molecular formula is C22H26ClN3O3S. The van der Waals surface area contributed by atoms with Crippen molar-refractivity contribution in [1.82, 2.24) is 14.9 Å². The number of nitrogens with zero attached hydrogens (tertiary/aromatic N) is 2. The molecule has 0 aliphatic carbocycles. The maximum absolute atomic E-state index is 10.5. The summed E-state index contributed by atoms with van der Waals surface area (Å²) in [7, 11) is 0. The average molecular weight is 448 g/mol. The Morgan fingerprint density at radius 3 is 2.97 bits per heavy atom. The molecule has 1 unspecified atom stereocenters. The molecule has 0 radical (unpaired) electrons. The number of halogens is 1. The van der Waals surface area contributed by atoms with Crippen LogP contribution in [-0.4, -0.2) is 58.8 Å². The molecule has 1 aliphatic heterocycles. The molecule has 0 spiro atoms. The molecule has 4 rings (SSSR count). The maximum Gasteiger partial charge on any atom is 0.329 e. The van der Waals surface area contributed by atoms with E-state index in [0.717, 1.165) is 50.0 Å². The molecule has 3 aromatic heterocycles. The number of aromatic nitrogens is 2. The molecule has 0 aromatic carbocycles. The Bertz CT molecular complexity index is 967. The SMILES string of the molecule is O=C(O)COCCN1CCC(c2c[nH]c3cncc(C(Cl)Cc4cccs4)c23)CC1. The van der Waals surface area contributed by atoms with Crippen LogP contribution in [-0.2, 0) is 16.0 Å². The number of aliphatic carboxylic acids is 1. The first-order chi connectivity index (χ1) is 14.6. The number of carboxylic acids is 1. The zero-order valence-corrected chi connectivity index (χ0v) is 18.3. The smallest absolute Gasteiger partial charge is 0.329 e. The van der Waals surface area contributed by atoms with Gasteiger partial charge in [-0.05, 0) is 54.4 Å². The number of aromatic amines is 1. The molecule has 0 saturated carbocycles. The second kappa shape index (κ2) is 9.92. The molecule has 1 saturated heterocycles. The van der Waals surface area contributed by atoms with Crippen LogP contribution in [0.15, 0.2) is 36.1 Å². The third-order valence-corrected chi connectivity index (χ3v) is 7.04. The van der Waals surface area contributed by atoms with Crippen molar-refractivity contribution >= 4 is 39.8 Å². The Morgan fingerprint density at radius 1 is 1.40 bits per heavy atom. The minimum absolute atomic E-state index is 0.110. The van der Waals surface area contributed by atoms with E-state index >= 15 is 0 Å². The predicted molar refractivity (Wildman–Crippen MR) is 120 cm³/mol. The molecule has 2 N–H and O–H groups in total. The number of thiophene rings is 1. The first kappa shape index (κ1) is 21.3. The second-order valence-electron chi connectivity index (χ2n) is 7.71. The number of pyridine rings is 1. The van der Waals surface area contributed by atoms with Gasteiger partial charge in [0.15, 0.2) is 0 Å². The summed E-state index contributed by atoms with van der Waals surface area (Å²) in [6.07, 6.45) is 8.85. The van der Waals surface area contributed by atoms with Crippen molar-refractivity contribution in [2.45, 2.75) is 30.6 Å². The van der Waals surface area contributed by atoms with Gasteiger partial charge < -0.3 is 19.7 Å². The molecule has 6 nitrogen and oxygen atoms in total. The normalized spacial score (nSPS) is 16.8. The average Bonchev–Trinajstić information content (AvgIpc) is 3.41. The van der Waals surface area contributed by atoms with Gasteiger partial charge in [0, 0.05) is 35.6 Å². The van der Waals surface area contributed by atoms with Crippen molar-refractivity contribution in [3.05, 3.63) is 52.1 Å². The highest BCUT2D eigenvalue weighted by molar-refractivity contribution is 7.09. The number of rotatable bonds is 9. The van der Waals surface area contributed by atoms with Gasteiger partial charge in [0.25, 0.3) is 0 Å². The molecule has 1 atom stereocenters. The number of nitrogens with one attached hydrogen (secondary N) is 1. The highest BCUT2D eigenvalue weighted by Gasteiger charge is 2.25. The quantitative estimate of drug-likeness (QED) is 0.375. The summed E-state index contributed by atoms with van der Waals surface area (Å²) in [6.45, 7) is 2.96. The van der Waals surface area contributed by atoms with E-state index < -0.39 is 5.97 Å². The number of hydrogen-bond acceptors (Lipinski definition) is 5. The summed E-state index contributed by atoms with van der Waals surface area (Å²) in [5, 5.41) is 11.9. The predicted octanol–water partition coefficient (Wildman–Crippen LogP) is 4.43. The van der Waals surface area contributed by atoms with E-state index in [4.69, 9.17) is 21.4 Å². The van der Waals surface area contributed by atoms with Crippen LogP contribution in [0.25, 0.3) is 10.9 Å². The lowest BCUT2D eigenvalue weighted by Gasteiger charge is -2.32. The molecule has 30 heavy (non-hydrogen) atoms. The number of ether oxygens (including phenoxy) is 1. The van der Waals surface area contributed by atoms with Crippen molar-refractivity contribution in [2.75, 3.05) is 32.8 Å². The number of carbonyl (C=O) groups is 1. The number of alkyl halides is 1. The van der Waals surface area contributed by atoms with E-state index in [1.807, 2.05) is 12.4 Å². The minimum atomic E-state index is -0.921. The first-order valence-corrected chi connectivity index (χ1v) is 11.6. The summed E-state index contributed by atoms with van der Waals surface area (Å²) in [5.41, 5.74) is 3.48. The van der Waals surface area contributed by atoms with Gasteiger partial charge in [0.05, 0.1) is 23.7 Å². The fourth-order valence-corrected chi connectivity index (χ4v) is 5.41. The van der Waals surface area contributed by atoms with Gasteiger partial charge in [-0.1, -0.05) is 6.07 Å². The van der Waals surface area contributed by atoms with Crippen molar-refractivity contribution < 1.29 is 14.6 Å². The third kappa shape index (κ3) is 5.03. The Kier molecular flexibility index (Phi) is 7.04. The van der Waals surface area contributed by atoms with Gasteiger partial charge in [-0.2, -0.15) is 0 Å². The molecule has 0 bridgehead atoms. The Labute approximate surface area is 184 Å². The van der Waals surface area contributed by atoms with Crippen LogP contribution in [0.3, 0.4) is 0 Å². The highest BCUT2D eigenvalue weighted by Crippen LogP contribution is 2.38. The van der Waals surface area contributed by atoms with Crippen molar-refractivity contribution in [3.8, 4) is 0 Å². The van der Waals surface area contributed by atoms with E-state index in [1.165, 1.54) is 15.8 Å². The van der Waals surface area contributed by atoms with Crippen LogP contribution in [0.4, 0.5) is 0 Å². The molecule has 160 valence electrons. The molecule has 8 heteroatoms. The number of H-pyrrole nitrogens is 1. The zero-order chi connectivity index (χ0) is 20.9. The van der Waals surface area contributed by atoms with Gasteiger partial charge in [-0.25, -0.2) is 4.79 Å². The Morgan fingerprint density at radius 2 is 2.23 bits per heavy atom. The van der Waals surface area contributed by atoms with Crippen LogP contribution in [0.5, 0.6) is 0 Å². The molecule has 4 heterocycles. The van der Waals surface area contributed by atoms with Gasteiger partial charge in [-0.3, -0.25) is 4.98 Å². The maximum atomic E-state index is 10.5. The lowest BCUT2D eigenvalue weighted by molar-refractivity contribution is -0.142. The van der Waals surface area contributed by atoms with Gasteiger partial charge >= 0.3 is 5.97 Å². The summed E-state index contributed by atoms with van der Waals surface area (Å²) in [5.74, 6) is -0.447. The lowest BCUT2D eigenvalue weighted by Crippen LogP contribution is -2.35. The number of likely N-dealkylation sites (tertiary alicyclic amines) is 1. The second-order valence-corrected chi connectivity index (χ2v) is 9.27. The van der Waals surface area contributed by atoms with Gasteiger partial charge in [0.1, 0.15) is 6.61 Å². The molecule has 0 amide bonds. The number of hydrogen-bond donors (Lipinski definition) is 2. The fourth-order valence-electron chi connectivity index (χ4n) is 4.23. The van der Waals surface area contributed by atoms with Crippen LogP contribution in [0.1, 0.15) is 40.1 Å². The molecule has 3 aromatic rings. The summed E-state index contributed by atoms with van der Waals surface area (Å²) in [4.78, 5) is 22.0. The monoisotopic (exact) mass is 447 g/mol. The lowest BCUT2D eigenvalue weighted by atomic mass is 9.88. The molecule has 1 fully saturated rings. The van der Waals surface area contributed by atoms with Crippen LogP contribution >= 0.6 is 22.9 Å². The molecule has 1 aliphatic rings. The topological polar surface area (TPSA) is 78.5 Å². The first-order valence-electron chi connectivity index (χ1n) is 10.2. The van der Waals surface area contributed by atoms with Crippen molar-refractivity contribution in [1.29, 1.82) is 0 Å². The Hall–Kier alpha value is -1.93. The van der Waals surface area contributed by atoms with E-state index in [-0.39, 0.29) is 12.0 Å². The van der Waals surface area contributed by atoms with Crippen LogP contribution in [0, 0.1) is 0 Å². The van der Waals surface area contributed by atoms with E-state index in [1.54, 1.807) is 11.3 Å². The van der Waals surface area contributed by atoms with Crippen molar-refractivity contribution in [3.63, 3.8) is 0 Å². The number of piperidine rings is 1. The summed E-state index contributed by atoms with van der Waals surface area (Å²) < 4.78 is 5.17. The van der Waals surface area contributed by atoms with E-state index in [2.05, 4.69) is 38.6 Å². The Balaban J connectivity index is 1.43. The highest BCUT2D eigenvalue weighted by atomic mass is 35.5. The van der Waals surface area contributed by atoms with Gasteiger partial charge in [0.2, 0.25) is 0 Å². The van der Waals surface area contributed by atoms with Crippen molar-refractivity contribution in [2.24, 2.45) is 0 Å². The summed E-state index contributed by atoms with van der Waals surface area (Å²) in [6, 6.07) is 4.19. The zero-order valence-electron chi connectivity index (χ0n) is 16.7. The van der Waals surface area contributed by atoms with Crippen LogP contribution in [0.2, 0.25) is 0 Å². The fraction of sp³-hybridized carbons (Fsp3) is 0.455. The number of fused-ring (bicyclic) bond motifs is 1. The molecular weight excluding hydrogens is 422 g/mol. The third-order valence-electron chi connectivity index (χ3n) is 5.75.